The Labute approximate surface area is 208 Å². The Morgan fingerprint density at radius 2 is 1.69 bits per heavy atom. The van der Waals surface area contributed by atoms with Gasteiger partial charge in [0.05, 0.1) is 24.1 Å². The second-order valence-corrected chi connectivity index (χ2v) is 11.7. The van der Waals surface area contributed by atoms with E-state index in [1.807, 2.05) is 51.1 Å². The molecule has 0 N–H and O–H groups in total. The Hall–Kier alpha value is -3.37. The molecule has 186 valence electrons. The van der Waals surface area contributed by atoms with E-state index >= 15 is 0 Å². The van der Waals surface area contributed by atoms with Crippen molar-refractivity contribution in [1.29, 1.82) is 0 Å². The average molecular weight is 496 g/mol. The second-order valence-electron chi connectivity index (χ2n) is 9.47. The molecular formula is C28H33NO5S. The molecule has 0 heterocycles. The standard InChI is InChI=1S/C28H33NO5S/c1-20(30)14-16-29(21(2)31)25-18-24(27(34-6)26(19-25)28(3,4)5)13-12-22-8-10-23(11-9-22)15-17-35(7,32)33/h8-11,14,16,18-19H,15,17H2,1-7H3/b16-14-. The average Bonchev–Trinajstić information content (AvgIpc) is 2.75. The molecule has 35 heavy (non-hydrogen) atoms. The first kappa shape index (κ1) is 27.9. The molecule has 2 aromatic carbocycles. The largest absolute Gasteiger partial charge is 0.495 e. The molecule has 0 aliphatic rings. The summed E-state index contributed by atoms with van der Waals surface area (Å²) in [4.78, 5) is 25.3. The molecule has 2 rings (SSSR count). The minimum Gasteiger partial charge on any atom is -0.495 e. The molecule has 0 aliphatic carbocycles. The minimum absolute atomic E-state index is 0.0995. The summed E-state index contributed by atoms with van der Waals surface area (Å²) < 4.78 is 28.5. The molecular weight excluding hydrogens is 462 g/mol. The van der Waals surface area contributed by atoms with Gasteiger partial charge in [0.1, 0.15) is 15.6 Å². The minimum atomic E-state index is -3.02. The fraction of sp³-hybridized carbons (Fsp3) is 0.357. The van der Waals surface area contributed by atoms with Gasteiger partial charge in [0.15, 0.2) is 5.78 Å². The number of anilines is 1. The molecule has 0 unspecified atom stereocenters. The maximum absolute atomic E-state index is 12.4. The van der Waals surface area contributed by atoms with Crippen LogP contribution in [-0.4, -0.2) is 39.2 Å². The lowest BCUT2D eigenvalue weighted by Crippen LogP contribution is -2.23. The van der Waals surface area contributed by atoms with Gasteiger partial charge in [-0.3, -0.25) is 14.5 Å². The fourth-order valence-corrected chi connectivity index (χ4v) is 3.98. The van der Waals surface area contributed by atoms with E-state index in [9.17, 15) is 18.0 Å². The predicted octanol–water partition coefficient (Wildman–Crippen LogP) is 4.44. The number of sulfone groups is 1. The van der Waals surface area contributed by atoms with Gasteiger partial charge in [-0.05, 0) is 54.7 Å². The summed E-state index contributed by atoms with van der Waals surface area (Å²) in [5, 5.41) is 0. The number of methoxy groups -OCH3 is 1. The topological polar surface area (TPSA) is 80.8 Å². The van der Waals surface area contributed by atoms with E-state index in [4.69, 9.17) is 4.74 Å². The van der Waals surface area contributed by atoms with Gasteiger partial charge in [-0.25, -0.2) is 8.42 Å². The van der Waals surface area contributed by atoms with E-state index in [0.717, 1.165) is 16.7 Å². The van der Waals surface area contributed by atoms with E-state index in [2.05, 4.69) is 11.8 Å². The van der Waals surface area contributed by atoms with Gasteiger partial charge in [0.2, 0.25) is 5.91 Å². The number of hydrogen-bond acceptors (Lipinski definition) is 5. The quantitative estimate of drug-likeness (QED) is 0.419. The van der Waals surface area contributed by atoms with Crippen LogP contribution in [0, 0.1) is 11.8 Å². The summed E-state index contributed by atoms with van der Waals surface area (Å²) in [6.45, 7) is 8.99. The normalized spacial score (nSPS) is 11.6. The van der Waals surface area contributed by atoms with Crippen LogP contribution in [0.5, 0.6) is 5.75 Å². The van der Waals surface area contributed by atoms with Crippen molar-refractivity contribution in [3.8, 4) is 17.6 Å². The Morgan fingerprint density at radius 3 is 2.17 bits per heavy atom. The van der Waals surface area contributed by atoms with Crippen molar-refractivity contribution >= 4 is 27.2 Å². The van der Waals surface area contributed by atoms with Crippen molar-refractivity contribution in [2.24, 2.45) is 0 Å². The van der Waals surface area contributed by atoms with Crippen LogP contribution in [0.1, 0.15) is 56.9 Å². The summed E-state index contributed by atoms with van der Waals surface area (Å²) in [6, 6.07) is 11.1. The van der Waals surface area contributed by atoms with Crippen LogP contribution in [0.3, 0.4) is 0 Å². The fourth-order valence-electron chi connectivity index (χ4n) is 3.37. The highest BCUT2D eigenvalue weighted by Gasteiger charge is 2.24. The first-order chi connectivity index (χ1) is 16.2. The smallest absolute Gasteiger partial charge is 0.227 e. The summed E-state index contributed by atoms with van der Waals surface area (Å²) in [5.41, 5.74) is 3.45. The second kappa shape index (κ2) is 11.4. The Morgan fingerprint density at radius 1 is 1.06 bits per heavy atom. The van der Waals surface area contributed by atoms with Crippen molar-refractivity contribution in [3.05, 3.63) is 70.9 Å². The highest BCUT2D eigenvalue weighted by molar-refractivity contribution is 7.90. The summed E-state index contributed by atoms with van der Waals surface area (Å²) in [7, 11) is -1.43. The zero-order chi connectivity index (χ0) is 26.4. The van der Waals surface area contributed by atoms with E-state index < -0.39 is 9.84 Å². The first-order valence-electron chi connectivity index (χ1n) is 11.2. The van der Waals surface area contributed by atoms with Crippen molar-refractivity contribution in [2.45, 2.75) is 46.5 Å². The molecule has 0 atom stereocenters. The van der Waals surface area contributed by atoms with Gasteiger partial charge in [-0.1, -0.05) is 44.7 Å². The molecule has 0 bridgehead atoms. The molecule has 0 saturated carbocycles. The van der Waals surface area contributed by atoms with Gasteiger partial charge in [0, 0.05) is 30.5 Å². The van der Waals surface area contributed by atoms with E-state index in [1.165, 1.54) is 37.3 Å². The van der Waals surface area contributed by atoms with Crippen LogP contribution < -0.4 is 9.64 Å². The molecule has 0 aliphatic heterocycles. The molecule has 6 nitrogen and oxygen atoms in total. The van der Waals surface area contributed by atoms with Gasteiger partial charge < -0.3 is 4.74 Å². The molecule has 0 radical (unpaired) electrons. The molecule has 1 amide bonds. The van der Waals surface area contributed by atoms with Crippen molar-refractivity contribution in [2.75, 3.05) is 24.0 Å². The van der Waals surface area contributed by atoms with Gasteiger partial charge >= 0.3 is 0 Å². The lowest BCUT2D eigenvalue weighted by atomic mass is 9.84. The highest BCUT2D eigenvalue weighted by Crippen LogP contribution is 2.37. The number of ether oxygens (including phenoxy) is 1. The maximum atomic E-state index is 12.4. The lowest BCUT2D eigenvalue weighted by molar-refractivity contribution is -0.116. The van der Waals surface area contributed by atoms with Gasteiger partial charge in [-0.2, -0.15) is 0 Å². The molecule has 0 saturated heterocycles. The number of allylic oxidation sites excluding steroid dienone is 1. The van der Waals surface area contributed by atoms with Gasteiger partial charge in [-0.15, -0.1) is 0 Å². The summed E-state index contributed by atoms with van der Waals surface area (Å²) in [5.74, 6) is 6.62. The van der Waals surface area contributed by atoms with E-state index in [-0.39, 0.29) is 22.9 Å². The highest BCUT2D eigenvalue weighted by atomic mass is 32.2. The number of hydrogen-bond donors (Lipinski definition) is 0. The Kier molecular flexibility index (Phi) is 9.06. The number of amides is 1. The number of rotatable bonds is 7. The van der Waals surface area contributed by atoms with Crippen LogP contribution >= 0.6 is 0 Å². The van der Waals surface area contributed by atoms with Crippen molar-refractivity contribution in [1.82, 2.24) is 0 Å². The third-order valence-corrected chi connectivity index (χ3v) is 6.16. The first-order valence-corrected chi connectivity index (χ1v) is 13.3. The number of nitrogens with zero attached hydrogens (tertiary/aromatic N) is 1. The predicted molar refractivity (Wildman–Crippen MR) is 141 cm³/mol. The van der Waals surface area contributed by atoms with Crippen LogP contribution in [0.15, 0.2) is 48.7 Å². The SMILES string of the molecule is COc1c(C#Cc2ccc(CCS(C)(=O)=O)cc2)cc(N(/C=C\C(C)=O)C(C)=O)cc1C(C)(C)C. The Balaban J connectivity index is 2.56. The van der Waals surface area contributed by atoms with Crippen LogP contribution in [0.25, 0.3) is 0 Å². The number of ketones is 1. The van der Waals surface area contributed by atoms with Gasteiger partial charge in [0.25, 0.3) is 0 Å². The van der Waals surface area contributed by atoms with Crippen molar-refractivity contribution in [3.63, 3.8) is 0 Å². The van der Waals surface area contributed by atoms with Crippen LogP contribution in [0.2, 0.25) is 0 Å². The molecule has 0 aromatic heterocycles. The lowest BCUT2D eigenvalue weighted by Gasteiger charge is -2.26. The van der Waals surface area contributed by atoms with Crippen LogP contribution in [-0.2, 0) is 31.3 Å². The number of aryl methyl sites for hydroxylation is 1. The molecule has 0 spiro atoms. The number of benzene rings is 2. The zero-order valence-electron chi connectivity index (χ0n) is 21.4. The van der Waals surface area contributed by atoms with E-state index in [0.29, 0.717) is 23.4 Å². The van der Waals surface area contributed by atoms with Crippen molar-refractivity contribution < 1.29 is 22.7 Å². The zero-order valence-corrected chi connectivity index (χ0v) is 22.2. The Bertz CT molecular complexity index is 1290. The maximum Gasteiger partial charge on any atom is 0.227 e. The third kappa shape index (κ3) is 8.41. The molecule has 7 heteroatoms. The molecule has 2 aromatic rings. The summed E-state index contributed by atoms with van der Waals surface area (Å²) >= 11 is 0. The van der Waals surface area contributed by atoms with Crippen LogP contribution in [0.4, 0.5) is 5.69 Å². The van der Waals surface area contributed by atoms with E-state index in [1.54, 1.807) is 13.2 Å². The molecule has 0 fully saturated rings. The number of carbonyl (C=O) groups excluding carboxylic acids is 2. The monoisotopic (exact) mass is 495 g/mol. The third-order valence-electron chi connectivity index (χ3n) is 5.22. The summed E-state index contributed by atoms with van der Waals surface area (Å²) in [6.07, 6.45) is 4.49. The number of carbonyl (C=O) groups is 2.